The maximum atomic E-state index is 12.7. The molecule has 0 aromatic heterocycles. The Morgan fingerprint density at radius 1 is 1.33 bits per heavy atom. The zero-order valence-corrected chi connectivity index (χ0v) is 13.7. The molecular weight excluding hydrogens is 288 g/mol. The highest BCUT2D eigenvalue weighted by molar-refractivity contribution is 7.89. The molecular formula is C15H24N2O3S. The van der Waals surface area contributed by atoms with Crippen LogP contribution in [0.5, 0.6) is 0 Å². The van der Waals surface area contributed by atoms with Crippen molar-refractivity contribution in [3.05, 3.63) is 29.8 Å². The van der Waals surface area contributed by atoms with Crippen LogP contribution in [0.4, 0.5) is 0 Å². The second-order valence-electron chi connectivity index (χ2n) is 6.11. The molecule has 0 aliphatic carbocycles. The van der Waals surface area contributed by atoms with Gasteiger partial charge in [-0.25, -0.2) is 13.1 Å². The van der Waals surface area contributed by atoms with E-state index < -0.39 is 15.6 Å². The first-order valence-electron chi connectivity index (χ1n) is 7.25. The van der Waals surface area contributed by atoms with Gasteiger partial charge in [0, 0.05) is 19.2 Å². The number of rotatable bonds is 6. The van der Waals surface area contributed by atoms with Crippen molar-refractivity contribution in [2.75, 3.05) is 13.2 Å². The van der Waals surface area contributed by atoms with Gasteiger partial charge in [0.15, 0.2) is 0 Å². The second-order valence-corrected chi connectivity index (χ2v) is 7.76. The lowest BCUT2D eigenvalue weighted by Crippen LogP contribution is -2.46. The van der Waals surface area contributed by atoms with Crippen LogP contribution in [0.25, 0.3) is 0 Å². The van der Waals surface area contributed by atoms with E-state index in [0.29, 0.717) is 37.1 Å². The summed E-state index contributed by atoms with van der Waals surface area (Å²) in [5.74, 6) is 0. The highest BCUT2D eigenvalue weighted by Crippen LogP contribution is 2.23. The van der Waals surface area contributed by atoms with Crippen LogP contribution in [0.1, 0.15) is 32.8 Å². The van der Waals surface area contributed by atoms with E-state index in [1.165, 1.54) is 0 Å². The van der Waals surface area contributed by atoms with Gasteiger partial charge in [-0.05, 0) is 25.0 Å². The Labute approximate surface area is 127 Å². The van der Waals surface area contributed by atoms with Crippen LogP contribution < -0.4 is 10.0 Å². The van der Waals surface area contributed by atoms with Gasteiger partial charge in [0.05, 0.1) is 17.0 Å². The fourth-order valence-corrected chi connectivity index (χ4v) is 4.02. The van der Waals surface area contributed by atoms with Crippen molar-refractivity contribution in [3.63, 3.8) is 0 Å². The molecule has 6 heteroatoms. The third kappa shape index (κ3) is 4.26. The Morgan fingerprint density at radius 3 is 2.67 bits per heavy atom. The van der Waals surface area contributed by atoms with Gasteiger partial charge in [0.2, 0.25) is 10.0 Å². The number of sulfonamides is 1. The van der Waals surface area contributed by atoms with Crippen LogP contribution in [-0.2, 0) is 21.3 Å². The summed E-state index contributed by atoms with van der Waals surface area (Å²) in [6.07, 6.45) is 0.693. The summed E-state index contributed by atoms with van der Waals surface area (Å²) in [4.78, 5) is 0.339. The molecule has 1 heterocycles. The summed E-state index contributed by atoms with van der Waals surface area (Å²) in [7, 11) is -3.55. The molecule has 1 unspecified atom stereocenters. The van der Waals surface area contributed by atoms with Crippen LogP contribution in [-0.4, -0.2) is 33.2 Å². The predicted molar refractivity (Wildman–Crippen MR) is 82.6 cm³/mol. The highest BCUT2D eigenvalue weighted by Gasteiger charge is 2.35. The zero-order chi connectivity index (χ0) is 15.5. The normalized spacial score (nSPS) is 22.9. The molecule has 1 aromatic carbocycles. The molecule has 5 nitrogen and oxygen atoms in total. The lowest BCUT2D eigenvalue weighted by Gasteiger charge is -2.24. The minimum absolute atomic E-state index is 0.300. The minimum Gasteiger partial charge on any atom is -0.379 e. The van der Waals surface area contributed by atoms with Gasteiger partial charge in [0.25, 0.3) is 0 Å². The predicted octanol–water partition coefficient (Wildman–Crippen LogP) is 1.64. The Morgan fingerprint density at radius 2 is 2.05 bits per heavy atom. The molecule has 1 aliphatic rings. The summed E-state index contributed by atoms with van der Waals surface area (Å²) in [5.41, 5.74) is 0.262. The van der Waals surface area contributed by atoms with Crippen LogP contribution >= 0.6 is 0 Å². The minimum atomic E-state index is -3.55. The van der Waals surface area contributed by atoms with Gasteiger partial charge in [0.1, 0.15) is 0 Å². The van der Waals surface area contributed by atoms with Gasteiger partial charge < -0.3 is 10.1 Å². The molecule has 118 valence electrons. The Balaban J connectivity index is 2.23. The molecule has 1 aromatic rings. The SMILES string of the molecule is CC(C)NCc1ccccc1S(=O)(=O)NC1(C)CCOC1. The fraction of sp³-hybridized carbons (Fsp3) is 0.600. The Kier molecular flexibility index (Phi) is 5.03. The third-order valence-corrected chi connectivity index (χ3v) is 5.30. The molecule has 2 rings (SSSR count). The van der Waals surface area contributed by atoms with Crippen LogP contribution in [0.3, 0.4) is 0 Å². The van der Waals surface area contributed by atoms with E-state index in [1.54, 1.807) is 12.1 Å². The first kappa shape index (κ1) is 16.4. The quantitative estimate of drug-likeness (QED) is 0.838. The van der Waals surface area contributed by atoms with Crippen molar-refractivity contribution in [1.82, 2.24) is 10.0 Å². The van der Waals surface area contributed by atoms with Crippen LogP contribution in [0.2, 0.25) is 0 Å². The lowest BCUT2D eigenvalue weighted by atomic mass is 10.0. The topological polar surface area (TPSA) is 67.4 Å². The molecule has 0 radical (unpaired) electrons. The molecule has 0 spiro atoms. The third-order valence-electron chi connectivity index (χ3n) is 3.56. The largest absolute Gasteiger partial charge is 0.379 e. The summed E-state index contributed by atoms with van der Waals surface area (Å²) in [6.45, 7) is 7.49. The van der Waals surface area contributed by atoms with Crippen molar-refractivity contribution in [1.29, 1.82) is 0 Å². The monoisotopic (exact) mass is 312 g/mol. The van der Waals surface area contributed by atoms with Gasteiger partial charge in [-0.2, -0.15) is 0 Å². The number of benzene rings is 1. The van der Waals surface area contributed by atoms with Crippen molar-refractivity contribution in [3.8, 4) is 0 Å². The average Bonchev–Trinajstić information content (AvgIpc) is 2.82. The Bertz CT molecular complexity index is 578. The van der Waals surface area contributed by atoms with E-state index in [4.69, 9.17) is 4.74 Å². The number of ether oxygens (including phenoxy) is 1. The average molecular weight is 312 g/mol. The van der Waals surface area contributed by atoms with Crippen molar-refractivity contribution >= 4 is 10.0 Å². The van der Waals surface area contributed by atoms with E-state index >= 15 is 0 Å². The first-order valence-corrected chi connectivity index (χ1v) is 8.74. The van der Waals surface area contributed by atoms with Crippen LogP contribution in [0, 0.1) is 0 Å². The molecule has 1 saturated heterocycles. The summed E-state index contributed by atoms with van der Waals surface area (Å²) >= 11 is 0. The van der Waals surface area contributed by atoms with Crippen molar-refractivity contribution in [2.45, 2.75) is 50.2 Å². The molecule has 1 atom stereocenters. The second kappa shape index (κ2) is 6.44. The molecule has 0 bridgehead atoms. The van der Waals surface area contributed by atoms with E-state index in [9.17, 15) is 8.42 Å². The van der Waals surface area contributed by atoms with Gasteiger partial charge in [-0.15, -0.1) is 0 Å². The maximum Gasteiger partial charge on any atom is 0.241 e. The van der Waals surface area contributed by atoms with Crippen molar-refractivity contribution in [2.24, 2.45) is 0 Å². The Hall–Kier alpha value is -0.950. The molecule has 0 saturated carbocycles. The van der Waals surface area contributed by atoms with Crippen LogP contribution in [0.15, 0.2) is 29.2 Å². The number of nitrogens with one attached hydrogen (secondary N) is 2. The molecule has 1 fully saturated rings. The highest BCUT2D eigenvalue weighted by atomic mass is 32.2. The van der Waals surface area contributed by atoms with E-state index in [1.807, 2.05) is 32.9 Å². The standard InChI is InChI=1S/C15H24N2O3S/c1-12(2)16-10-13-6-4-5-7-14(13)21(18,19)17-15(3)8-9-20-11-15/h4-7,12,16-17H,8-11H2,1-3H3. The van der Waals surface area contributed by atoms with E-state index in [2.05, 4.69) is 10.0 Å². The number of hydrogen-bond acceptors (Lipinski definition) is 4. The summed E-state index contributed by atoms with van der Waals surface area (Å²) in [5, 5.41) is 3.26. The molecule has 0 amide bonds. The van der Waals surface area contributed by atoms with E-state index in [-0.39, 0.29) is 0 Å². The van der Waals surface area contributed by atoms with Gasteiger partial charge >= 0.3 is 0 Å². The molecule has 1 aliphatic heterocycles. The molecule has 2 N–H and O–H groups in total. The van der Waals surface area contributed by atoms with Gasteiger partial charge in [-0.3, -0.25) is 0 Å². The van der Waals surface area contributed by atoms with E-state index in [0.717, 1.165) is 5.56 Å². The maximum absolute atomic E-state index is 12.7. The first-order chi connectivity index (χ1) is 9.82. The van der Waals surface area contributed by atoms with Gasteiger partial charge in [-0.1, -0.05) is 32.0 Å². The smallest absolute Gasteiger partial charge is 0.241 e. The lowest BCUT2D eigenvalue weighted by molar-refractivity contribution is 0.178. The fourth-order valence-electron chi connectivity index (χ4n) is 2.35. The summed E-state index contributed by atoms with van der Waals surface area (Å²) in [6, 6.07) is 7.41. The molecule has 21 heavy (non-hydrogen) atoms. The zero-order valence-electron chi connectivity index (χ0n) is 12.8. The summed E-state index contributed by atoms with van der Waals surface area (Å²) < 4.78 is 33.4. The van der Waals surface area contributed by atoms with Crippen molar-refractivity contribution < 1.29 is 13.2 Å². The number of hydrogen-bond donors (Lipinski definition) is 2.